The molecule has 0 aromatic heterocycles. The Morgan fingerprint density at radius 3 is 2.95 bits per heavy atom. The second kappa shape index (κ2) is 5.22. The minimum Gasteiger partial charge on any atom is -0.492 e. The van der Waals surface area contributed by atoms with Gasteiger partial charge in [-0.3, -0.25) is 0 Å². The molecule has 0 radical (unpaired) electrons. The van der Waals surface area contributed by atoms with Crippen molar-refractivity contribution in [2.45, 2.75) is 30.7 Å². The second-order valence-corrected chi connectivity index (χ2v) is 6.29. The van der Waals surface area contributed by atoms with E-state index < -0.39 is 10.0 Å². The monoisotopic (exact) mass is 282 g/mol. The summed E-state index contributed by atoms with van der Waals surface area (Å²) in [6.45, 7) is 5.80. The van der Waals surface area contributed by atoms with Crippen LogP contribution in [0.15, 0.2) is 29.7 Å². The van der Waals surface area contributed by atoms with E-state index in [0.717, 1.165) is 18.4 Å². The molecule has 5 nitrogen and oxygen atoms in total. The van der Waals surface area contributed by atoms with Gasteiger partial charge in [-0.25, -0.2) is 13.1 Å². The Bertz CT molecular complexity index is 596. The summed E-state index contributed by atoms with van der Waals surface area (Å²) >= 11 is 0. The number of hydrogen-bond donors (Lipinski definition) is 2. The molecule has 1 aliphatic rings. The molecule has 1 aliphatic heterocycles. The Labute approximate surface area is 113 Å². The third kappa shape index (κ3) is 2.90. The van der Waals surface area contributed by atoms with Crippen LogP contribution in [0.4, 0.5) is 5.69 Å². The summed E-state index contributed by atoms with van der Waals surface area (Å²) in [5.74, 6) is 0.421. The van der Waals surface area contributed by atoms with Crippen LogP contribution in [-0.4, -0.2) is 21.1 Å². The predicted molar refractivity (Wildman–Crippen MR) is 74.7 cm³/mol. The maximum Gasteiger partial charge on any atom is 0.244 e. The highest BCUT2D eigenvalue weighted by Crippen LogP contribution is 2.34. The molecule has 0 spiro atoms. The van der Waals surface area contributed by atoms with Gasteiger partial charge in [0.25, 0.3) is 0 Å². The summed E-state index contributed by atoms with van der Waals surface area (Å²) in [5, 5.41) is 0. The minimum absolute atomic E-state index is 0.107. The highest BCUT2D eigenvalue weighted by molar-refractivity contribution is 7.89. The first-order valence-corrected chi connectivity index (χ1v) is 7.62. The fourth-order valence-electron chi connectivity index (χ4n) is 2.03. The predicted octanol–water partition coefficient (Wildman–Crippen LogP) is 1.45. The average Bonchev–Trinajstić information content (AvgIpc) is 2.37. The van der Waals surface area contributed by atoms with Crippen LogP contribution >= 0.6 is 0 Å². The number of nitrogens with two attached hydrogens (primary N) is 1. The number of anilines is 1. The molecule has 1 aromatic rings. The zero-order chi connectivity index (χ0) is 14.0. The van der Waals surface area contributed by atoms with Gasteiger partial charge in [-0.1, -0.05) is 6.08 Å². The average molecular weight is 282 g/mol. The highest BCUT2D eigenvalue weighted by atomic mass is 32.2. The molecule has 1 heterocycles. The fourth-order valence-corrected chi connectivity index (χ4v) is 3.46. The number of hydrogen-bond acceptors (Lipinski definition) is 4. The molecule has 1 atom stereocenters. The SMILES string of the molecule is C=CC(C)NS(=O)(=O)c1cc(N)cc2c1OCCC2. The van der Waals surface area contributed by atoms with E-state index in [1.54, 1.807) is 13.0 Å². The lowest BCUT2D eigenvalue weighted by Gasteiger charge is -2.21. The van der Waals surface area contributed by atoms with Gasteiger partial charge in [0.15, 0.2) is 0 Å². The van der Waals surface area contributed by atoms with Gasteiger partial charge in [0.05, 0.1) is 6.61 Å². The zero-order valence-electron chi connectivity index (χ0n) is 10.8. The van der Waals surface area contributed by atoms with E-state index in [9.17, 15) is 8.42 Å². The molecule has 0 aliphatic carbocycles. The zero-order valence-corrected chi connectivity index (χ0v) is 11.7. The summed E-state index contributed by atoms with van der Waals surface area (Å²) in [4.78, 5) is 0.107. The Hall–Kier alpha value is -1.53. The molecular formula is C13H18N2O3S. The van der Waals surface area contributed by atoms with Crippen molar-refractivity contribution in [2.24, 2.45) is 0 Å². The number of benzene rings is 1. The standard InChI is InChI=1S/C13H18N2O3S/c1-3-9(2)15-19(16,17)12-8-11(14)7-10-5-4-6-18-13(10)12/h3,7-9,15H,1,4-6,14H2,2H3. The Morgan fingerprint density at radius 2 is 2.26 bits per heavy atom. The van der Waals surface area contributed by atoms with Crippen LogP contribution in [0, 0.1) is 0 Å². The van der Waals surface area contributed by atoms with E-state index >= 15 is 0 Å². The molecule has 3 N–H and O–H groups in total. The van der Waals surface area contributed by atoms with Crippen molar-refractivity contribution < 1.29 is 13.2 Å². The first kappa shape index (κ1) is 13.9. The molecule has 0 fully saturated rings. The number of sulfonamides is 1. The van der Waals surface area contributed by atoms with E-state index in [2.05, 4.69) is 11.3 Å². The normalized spacial score (nSPS) is 16.3. The molecule has 0 saturated carbocycles. The quantitative estimate of drug-likeness (QED) is 0.647. The molecule has 19 heavy (non-hydrogen) atoms. The number of nitrogens with one attached hydrogen (secondary N) is 1. The second-order valence-electron chi connectivity index (χ2n) is 4.60. The van der Waals surface area contributed by atoms with Crippen LogP contribution in [0.2, 0.25) is 0 Å². The highest BCUT2D eigenvalue weighted by Gasteiger charge is 2.25. The van der Waals surface area contributed by atoms with Crippen molar-refractivity contribution in [1.29, 1.82) is 0 Å². The molecule has 6 heteroatoms. The maximum absolute atomic E-state index is 12.3. The lowest BCUT2D eigenvalue weighted by Crippen LogP contribution is -2.31. The fraction of sp³-hybridized carbons (Fsp3) is 0.385. The first-order chi connectivity index (χ1) is 8.94. The third-order valence-electron chi connectivity index (χ3n) is 2.98. The van der Waals surface area contributed by atoms with Crippen LogP contribution in [0.5, 0.6) is 5.75 Å². The van der Waals surface area contributed by atoms with E-state index in [1.807, 2.05) is 0 Å². The van der Waals surface area contributed by atoms with Gasteiger partial charge in [0.2, 0.25) is 10.0 Å². The van der Waals surface area contributed by atoms with Crippen molar-refractivity contribution >= 4 is 15.7 Å². The van der Waals surface area contributed by atoms with Gasteiger partial charge < -0.3 is 10.5 Å². The molecule has 0 bridgehead atoms. The Balaban J connectivity index is 2.49. The summed E-state index contributed by atoms with van der Waals surface area (Å²) in [6.07, 6.45) is 3.17. The molecule has 104 valence electrons. The van der Waals surface area contributed by atoms with Gasteiger partial charge in [-0.2, -0.15) is 0 Å². The van der Waals surface area contributed by atoms with Crippen molar-refractivity contribution in [3.63, 3.8) is 0 Å². The van der Waals surface area contributed by atoms with E-state index in [-0.39, 0.29) is 10.9 Å². The van der Waals surface area contributed by atoms with E-state index in [4.69, 9.17) is 10.5 Å². The van der Waals surface area contributed by atoms with Crippen LogP contribution < -0.4 is 15.2 Å². The van der Waals surface area contributed by atoms with Crippen molar-refractivity contribution in [1.82, 2.24) is 4.72 Å². The Kier molecular flexibility index (Phi) is 3.82. The Morgan fingerprint density at radius 1 is 1.53 bits per heavy atom. The van der Waals surface area contributed by atoms with E-state index in [0.29, 0.717) is 18.0 Å². The number of nitrogen functional groups attached to an aromatic ring is 1. The smallest absolute Gasteiger partial charge is 0.244 e. The summed E-state index contributed by atoms with van der Waals surface area (Å²) in [6, 6.07) is 2.85. The molecule has 2 rings (SSSR count). The van der Waals surface area contributed by atoms with Crippen LogP contribution in [0.1, 0.15) is 18.9 Å². The van der Waals surface area contributed by atoms with Gasteiger partial charge in [-0.05, 0) is 37.5 Å². The molecule has 1 aromatic carbocycles. The van der Waals surface area contributed by atoms with Gasteiger partial charge in [0, 0.05) is 11.7 Å². The number of rotatable bonds is 4. The largest absolute Gasteiger partial charge is 0.492 e. The first-order valence-electron chi connectivity index (χ1n) is 6.14. The van der Waals surface area contributed by atoms with Crippen LogP contribution in [0.3, 0.4) is 0 Å². The van der Waals surface area contributed by atoms with Crippen molar-refractivity contribution in [2.75, 3.05) is 12.3 Å². The van der Waals surface area contributed by atoms with Crippen molar-refractivity contribution in [3.05, 3.63) is 30.4 Å². The van der Waals surface area contributed by atoms with Gasteiger partial charge in [-0.15, -0.1) is 6.58 Å². The maximum atomic E-state index is 12.3. The third-order valence-corrected chi connectivity index (χ3v) is 4.54. The van der Waals surface area contributed by atoms with Crippen LogP contribution in [0.25, 0.3) is 0 Å². The number of aryl methyl sites for hydroxylation is 1. The van der Waals surface area contributed by atoms with Gasteiger partial charge >= 0.3 is 0 Å². The lowest BCUT2D eigenvalue weighted by atomic mass is 10.1. The summed E-state index contributed by atoms with van der Waals surface area (Å²) < 4.78 is 32.7. The molecule has 1 unspecified atom stereocenters. The molecular weight excluding hydrogens is 264 g/mol. The lowest BCUT2D eigenvalue weighted by molar-refractivity contribution is 0.280. The minimum atomic E-state index is -3.66. The number of ether oxygens (including phenoxy) is 1. The van der Waals surface area contributed by atoms with Gasteiger partial charge in [0.1, 0.15) is 10.6 Å². The molecule has 0 amide bonds. The summed E-state index contributed by atoms with van der Waals surface area (Å²) in [7, 11) is -3.66. The van der Waals surface area contributed by atoms with Crippen molar-refractivity contribution in [3.8, 4) is 5.75 Å². The van der Waals surface area contributed by atoms with Crippen LogP contribution in [-0.2, 0) is 16.4 Å². The number of fused-ring (bicyclic) bond motifs is 1. The molecule has 0 saturated heterocycles. The summed E-state index contributed by atoms with van der Waals surface area (Å²) in [5.41, 5.74) is 7.05. The topological polar surface area (TPSA) is 81.4 Å². The van der Waals surface area contributed by atoms with E-state index in [1.165, 1.54) is 12.1 Å².